The summed E-state index contributed by atoms with van der Waals surface area (Å²) in [4.78, 5) is 13.5. The van der Waals surface area contributed by atoms with E-state index in [1.54, 1.807) is 39.0 Å². The van der Waals surface area contributed by atoms with Crippen molar-refractivity contribution >= 4 is 11.7 Å². The number of hydrogen-bond donors (Lipinski definition) is 0. The smallest absolute Gasteiger partial charge is 0.444 e. The number of carbonyl (C=O) groups excluding carboxylic acids is 1. The third kappa shape index (κ3) is 5.18. The van der Waals surface area contributed by atoms with Gasteiger partial charge < -0.3 is 14.4 Å². The van der Waals surface area contributed by atoms with E-state index in [4.69, 9.17) is 4.74 Å². The molecule has 1 aliphatic heterocycles. The number of carbonyl (C=O) groups is 1. The van der Waals surface area contributed by atoms with Crippen molar-refractivity contribution < 1.29 is 27.4 Å². The lowest BCUT2D eigenvalue weighted by atomic mass is 9.99. The lowest BCUT2D eigenvalue weighted by Gasteiger charge is -2.30. The van der Waals surface area contributed by atoms with Crippen LogP contribution >= 0.6 is 0 Å². The second-order valence-electron chi connectivity index (χ2n) is 6.45. The fourth-order valence-corrected chi connectivity index (χ4v) is 2.35. The summed E-state index contributed by atoms with van der Waals surface area (Å²) in [6.07, 6.45) is -3.02. The lowest BCUT2D eigenvalue weighted by molar-refractivity contribution is -0.274. The van der Waals surface area contributed by atoms with Crippen molar-refractivity contribution in [2.75, 3.05) is 13.1 Å². The molecule has 132 valence electrons. The van der Waals surface area contributed by atoms with E-state index in [1.165, 1.54) is 17.0 Å². The highest BCUT2D eigenvalue weighted by Gasteiger charge is 2.32. The van der Waals surface area contributed by atoms with Crippen LogP contribution in [0.2, 0.25) is 0 Å². The van der Waals surface area contributed by atoms with E-state index in [-0.39, 0.29) is 12.3 Å². The van der Waals surface area contributed by atoms with Gasteiger partial charge in [-0.3, -0.25) is 0 Å². The summed E-state index contributed by atoms with van der Waals surface area (Å²) in [7, 11) is 0. The van der Waals surface area contributed by atoms with Crippen LogP contribution in [0.15, 0.2) is 30.3 Å². The molecule has 0 saturated carbocycles. The van der Waals surface area contributed by atoms with Crippen LogP contribution in [-0.4, -0.2) is 36.0 Å². The number of para-hydroxylation sites is 1. The number of nitrogens with zero attached hydrogens (tertiary/aromatic N) is 1. The van der Waals surface area contributed by atoms with E-state index in [0.717, 1.165) is 5.57 Å². The Hall–Kier alpha value is -2.18. The van der Waals surface area contributed by atoms with Crippen molar-refractivity contribution in [2.24, 2.45) is 0 Å². The first-order valence-corrected chi connectivity index (χ1v) is 7.57. The average Bonchev–Trinajstić information content (AvgIpc) is 2.44. The largest absolute Gasteiger partial charge is 0.573 e. The summed E-state index contributed by atoms with van der Waals surface area (Å²) in [6.45, 7) is 5.99. The molecule has 0 fully saturated rings. The third-order valence-electron chi connectivity index (χ3n) is 3.32. The van der Waals surface area contributed by atoms with Gasteiger partial charge in [0.05, 0.1) is 0 Å². The molecule has 4 nitrogen and oxygen atoms in total. The molecule has 2 rings (SSSR count). The molecule has 0 saturated heterocycles. The zero-order valence-corrected chi connectivity index (χ0v) is 13.8. The van der Waals surface area contributed by atoms with Crippen LogP contribution in [0.25, 0.3) is 5.57 Å². The molecule has 7 heteroatoms. The number of rotatable bonds is 2. The molecule has 1 aromatic rings. The number of hydrogen-bond acceptors (Lipinski definition) is 3. The first kappa shape index (κ1) is 18.2. The van der Waals surface area contributed by atoms with Crippen molar-refractivity contribution in [3.8, 4) is 5.75 Å². The zero-order chi connectivity index (χ0) is 18.0. The summed E-state index contributed by atoms with van der Waals surface area (Å²) >= 11 is 0. The van der Waals surface area contributed by atoms with E-state index in [1.807, 2.05) is 0 Å². The fraction of sp³-hybridized carbons (Fsp3) is 0.471. The minimum Gasteiger partial charge on any atom is -0.444 e. The third-order valence-corrected chi connectivity index (χ3v) is 3.32. The Bertz CT molecular complexity index is 633. The summed E-state index contributed by atoms with van der Waals surface area (Å²) in [5, 5.41) is 0. The molecule has 1 amide bonds. The molecule has 0 spiro atoms. The first-order chi connectivity index (χ1) is 11.1. The Balaban J connectivity index is 2.12. The van der Waals surface area contributed by atoms with Gasteiger partial charge in [0.1, 0.15) is 11.4 Å². The van der Waals surface area contributed by atoms with Gasteiger partial charge in [0.25, 0.3) is 0 Å². The highest BCUT2D eigenvalue weighted by molar-refractivity contribution is 5.75. The molecule has 0 radical (unpaired) electrons. The van der Waals surface area contributed by atoms with Crippen molar-refractivity contribution in [3.63, 3.8) is 0 Å². The van der Waals surface area contributed by atoms with Crippen molar-refractivity contribution in [3.05, 3.63) is 35.9 Å². The summed E-state index contributed by atoms with van der Waals surface area (Å²) < 4.78 is 46.9. The van der Waals surface area contributed by atoms with Gasteiger partial charge in [0, 0.05) is 18.7 Å². The van der Waals surface area contributed by atoms with Crippen LogP contribution in [0.3, 0.4) is 0 Å². The molecular weight excluding hydrogens is 323 g/mol. The molecule has 0 N–H and O–H groups in total. The van der Waals surface area contributed by atoms with E-state index >= 15 is 0 Å². The molecular formula is C17H20F3NO3. The highest BCUT2D eigenvalue weighted by atomic mass is 19.4. The number of ether oxygens (including phenoxy) is 2. The predicted molar refractivity (Wildman–Crippen MR) is 83.5 cm³/mol. The predicted octanol–water partition coefficient (Wildman–Crippen LogP) is 4.61. The Morgan fingerprint density at radius 2 is 1.83 bits per heavy atom. The van der Waals surface area contributed by atoms with Gasteiger partial charge in [-0.25, -0.2) is 4.79 Å². The van der Waals surface area contributed by atoms with E-state index in [0.29, 0.717) is 18.5 Å². The summed E-state index contributed by atoms with van der Waals surface area (Å²) in [6, 6.07) is 6.00. The van der Waals surface area contributed by atoms with Gasteiger partial charge in [-0.05, 0) is 38.8 Å². The monoisotopic (exact) mass is 343 g/mol. The second kappa shape index (κ2) is 6.75. The van der Waals surface area contributed by atoms with Crippen molar-refractivity contribution in [1.82, 2.24) is 4.90 Å². The molecule has 1 aromatic carbocycles. The Morgan fingerprint density at radius 1 is 1.17 bits per heavy atom. The maximum Gasteiger partial charge on any atom is 0.573 e. The normalized spacial score (nSPS) is 15.8. The van der Waals surface area contributed by atoms with E-state index in [2.05, 4.69) is 4.74 Å². The maximum atomic E-state index is 12.5. The number of amides is 1. The van der Waals surface area contributed by atoms with Gasteiger partial charge in [-0.2, -0.15) is 0 Å². The van der Waals surface area contributed by atoms with Crippen LogP contribution < -0.4 is 4.74 Å². The first-order valence-electron chi connectivity index (χ1n) is 7.57. The molecule has 0 atom stereocenters. The van der Waals surface area contributed by atoms with Crippen LogP contribution in [-0.2, 0) is 4.74 Å². The molecule has 0 aromatic heterocycles. The molecule has 1 heterocycles. The minimum absolute atomic E-state index is 0.234. The van der Waals surface area contributed by atoms with Crippen LogP contribution in [0.1, 0.15) is 32.8 Å². The fourth-order valence-electron chi connectivity index (χ4n) is 2.35. The zero-order valence-electron chi connectivity index (χ0n) is 13.8. The van der Waals surface area contributed by atoms with E-state index in [9.17, 15) is 18.0 Å². The Kier molecular flexibility index (Phi) is 5.11. The van der Waals surface area contributed by atoms with Crippen molar-refractivity contribution in [2.45, 2.75) is 39.2 Å². The summed E-state index contributed by atoms with van der Waals surface area (Å²) in [5.41, 5.74) is 0.516. The maximum absolute atomic E-state index is 12.5. The number of alkyl halides is 3. The van der Waals surface area contributed by atoms with Crippen molar-refractivity contribution in [1.29, 1.82) is 0 Å². The van der Waals surface area contributed by atoms with E-state index < -0.39 is 18.1 Å². The molecule has 24 heavy (non-hydrogen) atoms. The quantitative estimate of drug-likeness (QED) is 0.787. The van der Waals surface area contributed by atoms with Gasteiger partial charge in [-0.1, -0.05) is 24.3 Å². The molecule has 1 aliphatic rings. The van der Waals surface area contributed by atoms with Crippen LogP contribution in [0, 0.1) is 0 Å². The average molecular weight is 343 g/mol. The topological polar surface area (TPSA) is 38.8 Å². The van der Waals surface area contributed by atoms with Gasteiger partial charge >= 0.3 is 12.5 Å². The van der Waals surface area contributed by atoms with Gasteiger partial charge in [0.2, 0.25) is 0 Å². The van der Waals surface area contributed by atoms with Crippen LogP contribution in [0.4, 0.5) is 18.0 Å². The minimum atomic E-state index is -4.74. The Labute approximate surface area is 138 Å². The SMILES string of the molecule is CC(C)(C)OC(=O)N1CC=C(c2ccccc2OC(F)(F)F)CC1. The molecule has 0 aliphatic carbocycles. The second-order valence-corrected chi connectivity index (χ2v) is 6.45. The standard InChI is InChI=1S/C17H20F3NO3/c1-16(2,3)24-15(22)21-10-8-12(9-11-21)13-6-4-5-7-14(13)23-17(18,19)20/h4-8H,9-11H2,1-3H3. The van der Waals surface area contributed by atoms with Gasteiger partial charge in [-0.15, -0.1) is 13.2 Å². The lowest BCUT2D eigenvalue weighted by Crippen LogP contribution is -2.39. The molecule has 0 unspecified atom stereocenters. The molecule has 0 bridgehead atoms. The van der Waals surface area contributed by atoms with Gasteiger partial charge in [0.15, 0.2) is 0 Å². The highest BCUT2D eigenvalue weighted by Crippen LogP contribution is 2.33. The van der Waals surface area contributed by atoms with Crippen LogP contribution in [0.5, 0.6) is 5.75 Å². The number of halogens is 3. The number of benzene rings is 1. The Morgan fingerprint density at radius 3 is 2.38 bits per heavy atom. The summed E-state index contributed by atoms with van der Waals surface area (Å²) in [5.74, 6) is -0.234.